The molecule has 0 spiro atoms. The summed E-state index contributed by atoms with van der Waals surface area (Å²) in [7, 11) is 0. The molecule has 2 unspecified atom stereocenters. The van der Waals surface area contributed by atoms with E-state index in [9.17, 15) is 4.39 Å². The number of rotatable bonds is 4. The monoisotopic (exact) mass is 325 g/mol. The third-order valence-corrected chi connectivity index (χ3v) is 4.91. The molecule has 5 nitrogen and oxygen atoms in total. The van der Waals surface area contributed by atoms with Gasteiger partial charge in [0.2, 0.25) is 0 Å². The number of piperidine rings is 1. The van der Waals surface area contributed by atoms with Crippen LogP contribution in [0.3, 0.4) is 0 Å². The number of hydrogen-bond acceptors (Lipinski definition) is 4. The lowest BCUT2D eigenvalue weighted by molar-refractivity contribution is 0.284. The molecule has 1 saturated heterocycles. The van der Waals surface area contributed by atoms with E-state index in [0.29, 0.717) is 18.4 Å². The van der Waals surface area contributed by atoms with E-state index in [0.717, 1.165) is 23.9 Å². The average Bonchev–Trinajstić information content (AvgIpc) is 3.13. The van der Waals surface area contributed by atoms with Crippen LogP contribution in [0.4, 0.5) is 4.39 Å². The summed E-state index contributed by atoms with van der Waals surface area (Å²) in [6.07, 6.45) is 3.85. The number of tetrazole rings is 1. The minimum atomic E-state index is -0.199. The van der Waals surface area contributed by atoms with E-state index in [-0.39, 0.29) is 5.82 Å². The first kappa shape index (κ1) is 15.2. The molecule has 6 heteroatoms. The van der Waals surface area contributed by atoms with Crippen LogP contribution in [0.1, 0.15) is 24.3 Å². The molecule has 1 aromatic heterocycles. The largest absolute Gasteiger partial charge is 0.316 e. The predicted molar refractivity (Wildman–Crippen MR) is 90.1 cm³/mol. The quantitative estimate of drug-likeness (QED) is 0.801. The highest BCUT2D eigenvalue weighted by Crippen LogP contribution is 2.32. The second-order valence-corrected chi connectivity index (χ2v) is 6.45. The summed E-state index contributed by atoms with van der Waals surface area (Å²) in [4.78, 5) is 1.66. The fraction of sp³-hybridized carbons (Fsp3) is 0.389. The lowest BCUT2D eigenvalue weighted by Gasteiger charge is -2.31. The zero-order valence-corrected chi connectivity index (χ0v) is 13.4. The van der Waals surface area contributed by atoms with Gasteiger partial charge in [0.05, 0.1) is 6.54 Å². The zero-order chi connectivity index (χ0) is 16.4. The standard InChI is InChI=1S/C18H20FN5/c19-17-6-5-13-8-15(4-3-14(13)9-17)18(11-24-22-12-21-23-24)16-2-1-7-20-10-16/h3-6,8-9,12,16,18,20H,1-2,7,10-11H2. The number of halogens is 1. The SMILES string of the molecule is Fc1ccc2cc(C(Cn3ncnn3)C3CCCNC3)ccc2c1. The molecule has 24 heavy (non-hydrogen) atoms. The molecule has 2 atom stereocenters. The van der Waals surface area contributed by atoms with Crippen molar-refractivity contribution in [2.45, 2.75) is 25.3 Å². The highest BCUT2D eigenvalue weighted by molar-refractivity contribution is 5.83. The van der Waals surface area contributed by atoms with Gasteiger partial charge in [0.15, 0.2) is 6.33 Å². The fourth-order valence-electron chi connectivity index (χ4n) is 3.66. The van der Waals surface area contributed by atoms with Gasteiger partial charge in [-0.1, -0.05) is 24.3 Å². The van der Waals surface area contributed by atoms with Crippen molar-refractivity contribution in [2.75, 3.05) is 13.1 Å². The zero-order valence-electron chi connectivity index (χ0n) is 13.4. The molecule has 0 bridgehead atoms. The molecule has 1 N–H and O–H groups in total. The Balaban J connectivity index is 1.69. The van der Waals surface area contributed by atoms with Crippen LogP contribution in [0.15, 0.2) is 42.7 Å². The van der Waals surface area contributed by atoms with Gasteiger partial charge in [0.1, 0.15) is 5.82 Å². The van der Waals surface area contributed by atoms with Crippen molar-refractivity contribution in [3.8, 4) is 0 Å². The summed E-state index contributed by atoms with van der Waals surface area (Å²) < 4.78 is 13.4. The van der Waals surface area contributed by atoms with Gasteiger partial charge in [-0.3, -0.25) is 0 Å². The molecule has 2 aromatic carbocycles. The molecule has 124 valence electrons. The van der Waals surface area contributed by atoms with Gasteiger partial charge in [-0.25, -0.2) is 4.39 Å². The minimum absolute atomic E-state index is 0.199. The number of benzene rings is 2. The lowest BCUT2D eigenvalue weighted by Crippen LogP contribution is -2.35. The molecule has 1 aliphatic heterocycles. The van der Waals surface area contributed by atoms with Gasteiger partial charge in [0.25, 0.3) is 0 Å². The first-order valence-electron chi connectivity index (χ1n) is 8.40. The number of hydrogen-bond donors (Lipinski definition) is 1. The van der Waals surface area contributed by atoms with Crippen molar-refractivity contribution >= 4 is 10.8 Å². The Labute approximate surface area is 139 Å². The Morgan fingerprint density at radius 1 is 1.21 bits per heavy atom. The molecule has 0 radical (unpaired) electrons. The Hall–Kier alpha value is -2.34. The van der Waals surface area contributed by atoms with Crippen LogP contribution in [0.25, 0.3) is 10.8 Å². The summed E-state index contributed by atoms with van der Waals surface area (Å²) >= 11 is 0. The minimum Gasteiger partial charge on any atom is -0.316 e. The van der Waals surface area contributed by atoms with E-state index in [1.54, 1.807) is 10.9 Å². The van der Waals surface area contributed by atoms with Crippen molar-refractivity contribution in [3.63, 3.8) is 0 Å². The summed E-state index contributed by atoms with van der Waals surface area (Å²) in [5.74, 6) is 0.638. The summed E-state index contributed by atoms with van der Waals surface area (Å²) in [5.41, 5.74) is 1.25. The first-order chi connectivity index (χ1) is 11.8. The second kappa shape index (κ2) is 6.65. The topological polar surface area (TPSA) is 55.6 Å². The van der Waals surface area contributed by atoms with E-state index in [1.165, 1.54) is 30.8 Å². The Morgan fingerprint density at radius 2 is 2.08 bits per heavy atom. The molecule has 4 rings (SSSR count). The number of aromatic nitrogens is 4. The summed E-state index contributed by atoms with van der Waals surface area (Å²) in [6, 6.07) is 11.2. The van der Waals surface area contributed by atoms with Crippen molar-refractivity contribution in [2.24, 2.45) is 5.92 Å². The van der Waals surface area contributed by atoms with Crippen LogP contribution < -0.4 is 5.32 Å². The van der Waals surface area contributed by atoms with E-state index < -0.39 is 0 Å². The Morgan fingerprint density at radius 3 is 2.88 bits per heavy atom. The van der Waals surface area contributed by atoms with Crippen LogP contribution in [0.2, 0.25) is 0 Å². The molecule has 0 aliphatic carbocycles. The maximum atomic E-state index is 13.4. The van der Waals surface area contributed by atoms with Crippen molar-refractivity contribution < 1.29 is 4.39 Å². The van der Waals surface area contributed by atoms with E-state index in [2.05, 4.69) is 32.9 Å². The van der Waals surface area contributed by atoms with Gasteiger partial charge in [0, 0.05) is 5.92 Å². The maximum Gasteiger partial charge on any atom is 0.162 e. The highest BCUT2D eigenvalue weighted by Gasteiger charge is 2.26. The van der Waals surface area contributed by atoms with Crippen molar-refractivity contribution in [3.05, 3.63) is 54.1 Å². The van der Waals surface area contributed by atoms with E-state index in [1.807, 2.05) is 12.1 Å². The molecule has 1 fully saturated rings. The smallest absolute Gasteiger partial charge is 0.162 e. The number of nitrogens with one attached hydrogen (secondary N) is 1. The van der Waals surface area contributed by atoms with Crippen LogP contribution in [-0.2, 0) is 6.54 Å². The molecular formula is C18H20FN5. The molecular weight excluding hydrogens is 305 g/mol. The van der Waals surface area contributed by atoms with Crippen LogP contribution in [0, 0.1) is 11.7 Å². The predicted octanol–water partition coefficient (Wildman–Crippen LogP) is 2.75. The fourth-order valence-corrected chi connectivity index (χ4v) is 3.66. The Bertz CT molecular complexity index is 811. The van der Waals surface area contributed by atoms with Crippen molar-refractivity contribution in [1.29, 1.82) is 0 Å². The molecule has 1 aliphatic rings. The van der Waals surface area contributed by atoms with Gasteiger partial charge in [-0.15, -0.1) is 10.2 Å². The molecule has 3 aromatic rings. The first-order valence-corrected chi connectivity index (χ1v) is 8.40. The molecule has 2 heterocycles. The molecule has 0 saturated carbocycles. The summed E-state index contributed by atoms with van der Waals surface area (Å²) in [6.45, 7) is 2.79. The van der Waals surface area contributed by atoms with Crippen LogP contribution in [-0.4, -0.2) is 33.3 Å². The Kier molecular flexibility index (Phi) is 4.21. The van der Waals surface area contributed by atoms with Gasteiger partial charge in [-0.2, -0.15) is 4.80 Å². The second-order valence-electron chi connectivity index (χ2n) is 6.45. The lowest BCUT2D eigenvalue weighted by atomic mass is 9.81. The van der Waals surface area contributed by atoms with Crippen molar-refractivity contribution in [1.82, 2.24) is 25.5 Å². The van der Waals surface area contributed by atoms with Gasteiger partial charge in [-0.05, 0) is 65.5 Å². The normalized spacial score (nSPS) is 19.5. The van der Waals surface area contributed by atoms with Crippen LogP contribution >= 0.6 is 0 Å². The maximum absolute atomic E-state index is 13.4. The number of fused-ring (bicyclic) bond motifs is 1. The molecule has 0 amide bonds. The van der Waals surface area contributed by atoms with E-state index in [4.69, 9.17) is 0 Å². The third kappa shape index (κ3) is 3.14. The average molecular weight is 325 g/mol. The van der Waals surface area contributed by atoms with Crippen LogP contribution in [0.5, 0.6) is 0 Å². The van der Waals surface area contributed by atoms with Gasteiger partial charge < -0.3 is 5.32 Å². The summed E-state index contributed by atoms with van der Waals surface area (Å²) in [5, 5.41) is 17.5. The number of nitrogens with zero attached hydrogens (tertiary/aromatic N) is 4. The van der Waals surface area contributed by atoms with E-state index >= 15 is 0 Å². The van der Waals surface area contributed by atoms with Gasteiger partial charge >= 0.3 is 0 Å². The third-order valence-electron chi connectivity index (χ3n) is 4.91. The highest BCUT2D eigenvalue weighted by atomic mass is 19.1.